The van der Waals surface area contributed by atoms with Crippen molar-refractivity contribution in [2.24, 2.45) is 5.41 Å². The van der Waals surface area contributed by atoms with E-state index in [9.17, 15) is 9.59 Å². The lowest BCUT2D eigenvalue weighted by molar-refractivity contribution is -0.153. The summed E-state index contributed by atoms with van der Waals surface area (Å²) < 4.78 is 0. The van der Waals surface area contributed by atoms with Crippen LogP contribution in [-0.4, -0.2) is 23.3 Å². The van der Waals surface area contributed by atoms with Crippen LogP contribution in [0.1, 0.15) is 51.9 Å². The van der Waals surface area contributed by atoms with Crippen molar-refractivity contribution in [3.8, 4) is 0 Å². The van der Waals surface area contributed by atoms with Crippen LogP contribution in [0.3, 0.4) is 0 Å². The molecule has 2 fully saturated rings. The molecule has 2 aliphatic rings. The smallest absolute Gasteiger partial charge is 0.229 e. The molecule has 1 saturated carbocycles. The Balaban J connectivity index is 2.09. The summed E-state index contributed by atoms with van der Waals surface area (Å²) in [6.45, 7) is 2.61. The molecule has 3 heteroatoms. The summed E-state index contributed by atoms with van der Waals surface area (Å²) in [5.41, 5.74) is 0.0540. The van der Waals surface area contributed by atoms with Crippen LogP contribution in [0.2, 0.25) is 0 Å². The Morgan fingerprint density at radius 1 is 1.13 bits per heavy atom. The minimum absolute atomic E-state index is 0.0540. The lowest BCUT2D eigenvalue weighted by atomic mass is 9.76. The summed E-state index contributed by atoms with van der Waals surface area (Å²) in [4.78, 5) is 25.2. The molecule has 3 nitrogen and oxygen atoms in total. The molecule has 1 spiro atoms. The van der Waals surface area contributed by atoms with Gasteiger partial charge in [-0.15, -0.1) is 0 Å². The maximum atomic E-state index is 11.9. The lowest BCUT2D eigenvalue weighted by Gasteiger charge is -2.37. The standard InChI is InChI=1S/C12H19NO2/c1-2-7-13-10(14)8-12(9-11(13)15)5-3-4-6-12/h2-9H2,1H3. The second kappa shape index (κ2) is 3.95. The number of imide groups is 1. The molecule has 1 heterocycles. The first kappa shape index (κ1) is 10.7. The monoisotopic (exact) mass is 209 g/mol. The predicted octanol–water partition coefficient (Wildman–Crippen LogP) is 2.11. The van der Waals surface area contributed by atoms with Gasteiger partial charge in [0, 0.05) is 19.4 Å². The highest BCUT2D eigenvalue weighted by atomic mass is 16.2. The van der Waals surface area contributed by atoms with E-state index in [1.54, 1.807) is 0 Å². The fourth-order valence-corrected chi connectivity index (χ4v) is 2.99. The number of likely N-dealkylation sites (tertiary alicyclic amines) is 1. The summed E-state index contributed by atoms with van der Waals surface area (Å²) in [6.07, 6.45) is 6.61. The molecule has 0 bridgehead atoms. The Hall–Kier alpha value is -0.860. The largest absolute Gasteiger partial charge is 0.283 e. The van der Waals surface area contributed by atoms with Crippen molar-refractivity contribution in [1.29, 1.82) is 0 Å². The van der Waals surface area contributed by atoms with Gasteiger partial charge in [0.2, 0.25) is 11.8 Å². The summed E-state index contributed by atoms with van der Waals surface area (Å²) in [7, 11) is 0. The normalized spacial score (nSPS) is 25.3. The lowest BCUT2D eigenvalue weighted by Crippen LogP contribution is -2.47. The molecule has 0 aromatic heterocycles. The molecule has 0 N–H and O–H groups in total. The second-order valence-corrected chi connectivity index (χ2v) is 5.00. The van der Waals surface area contributed by atoms with Crippen LogP contribution in [0.25, 0.3) is 0 Å². The molecule has 2 rings (SSSR count). The second-order valence-electron chi connectivity index (χ2n) is 5.00. The van der Waals surface area contributed by atoms with Gasteiger partial charge in [-0.25, -0.2) is 0 Å². The van der Waals surface area contributed by atoms with Gasteiger partial charge in [0.1, 0.15) is 0 Å². The van der Waals surface area contributed by atoms with E-state index >= 15 is 0 Å². The van der Waals surface area contributed by atoms with Crippen LogP contribution in [0.15, 0.2) is 0 Å². The predicted molar refractivity (Wildman–Crippen MR) is 57.1 cm³/mol. The van der Waals surface area contributed by atoms with Crippen LogP contribution < -0.4 is 0 Å². The number of piperidine rings is 1. The first-order chi connectivity index (χ1) is 7.17. The number of hydrogen-bond acceptors (Lipinski definition) is 2. The quantitative estimate of drug-likeness (QED) is 0.653. The molecule has 0 aromatic carbocycles. The van der Waals surface area contributed by atoms with Crippen molar-refractivity contribution < 1.29 is 9.59 Å². The van der Waals surface area contributed by atoms with E-state index in [0.29, 0.717) is 19.4 Å². The van der Waals surface area contributed by atoms with Gasteiger partial charge in [0.25, 0.3) is 0 Å². The van der Waals surface area contributed by atoms with Gasteiger partial charge in [-0.2, -0.15) is 0 Å². The zero-order valence-electron chi connectivity index (χ0n) is 9.42. The van der Waals surface area contributed by atoms with Gasteiger partial charge in [-0.1, -0.05) is 19.8 Å². The van der Waals surface area contributed by atoms with Gasteiger partial charge in [0.15, 0.2) is 0 Å². The number of hydrogen-bond donors (Lipinski definition) is 0. The molecule has 1 aliphatic heterocycles. The van der Waals surface area contributed by atoms with Crippen molar-refractivity contribution in [2.75, 3.05) is 6.54 Å². The summed E-state index contributed by atoms with van der Waals surface area (Å²) in [6, 6.07) is 0. The van der Waals surface area contributed by atoms with Gasteiger partial charge in [0.05, 0.1) is 0 Å². The van der Waals surface area contributed by atoms with E-state index in [-0.39, 0.29) is 17.2 Å². The minimum atomic E-state index is 0.0540. The maximum Gasteiger partial charge on any atom is 0.229 e. The van der Waals surface area contributed by atoms with Crippen LogP contribution in [0.4, 0.5) is 0 Å². The van der Waals surface area contributed by atoms with Crippen LogP contribution in [0, 0.1) is 5.41 Å². The molecule has 0 radical (unpaired) electrons. The Labute approximate surface area is 90.8 Å². The Morgan fingerprint density at radius 2 is 1.67 bits per heavy atom. The van der Waals surface area contributed by atoms with E-state index in [1.165, 1.54) is 17.7 Å². The highest BCUT2D eigenvalue weighted by Gasteiger charge is 2.44. The fraction of sp³-hybridized carbons (Fsp3) is 0.833. The Morgan fingerprint density at radius 3 is 2.13 bits per heavy atom. The summed E-state index contributed by atoms with van der Waals surface area (Å²) >= 11 is 0. The van der Waals surface area contributed by atoms with E-state index in [4.69, 9.17) is 0 Å². The van der Waals surface area contributed by atoms with Crippen molar-refractivity contribution in [1.82, 2.24) is 4.90 Å². The average Bonchev–Trinajstić information content (AvgIpc) is 2.60. The topological polar surface area (TPSA) is 37.4 Å². The van der Waals surface area contributed by atoms with Gasteiger partial charge < -0.3 is 0 Å². The Kier molecular flexibility index (Phi) is 2.81. The van der Waals surface area contributed by atoms with E-state index in [2.05, 4.69) is 0 Å². The van der Waals surface area contributed by atoms with Crippen LogP contribution in [-0.2, 0) is 9.59 Å². The third-order valence-corrected chi connectivity index (χ3v) is 3.77. The SMILES string of the molecule is CCCN1C(=O)CC2(CCCC2)CC1=O. The first-order valence-corrected chi connectivity index (χ1v) is 6.00. The third-order valence-electron chi connectivity index (χ3n) is 3.77. The number of carbonyl (C=O) groups is 2. The summed E-state index contributed by atoms with van der Waals surface area (Å²) in [5.74, 6) is 0.130. The number of rotatable bonds is 2. The van der Waals surface area contributed by atoms with E-state index in [1.807, 2.05) is 6.92 Å². The zero-order valence-corrected chi connectivity index (χ0v) is 9.42. The average molecular weight is 209 g/mol. The van der Waals surface area contributed by atoms with Crippen molar-refractivity contribution in [3.63, 3.8) is 0 Å². The molecule has 15 heavy (non-hydrogen) atoms. The maximum absolute atomic E-state index is 11.9. The van der Waals surface area contributed by atoms with Crippen molar-refractivity contribution in [3.05, 3.63) is 0 Å². The Bertz CT molecular complexity index is 259. The first-order valence-electron chi connectivity index (χ1n) is 6.00. The van der Waals surface area contributed by atoms with Gasteiger partial charge >= 0.3 is 0 Å². The molecule has 0 atom stereocenters. The molecular weight excluding hydrogens is 190 g/mol. The number of carbonyl (C=O) groups excluding carboxylic acids is 2. The number of amides is 2. The fourth-order valence-electron chi connectivity index (χ4n) is 2.99. The molecule has 1 saturated heterocycles. The molecule has 2 amide bonds. The van der Waals surface area contributed by atoms with E-state index in [0.717, 1.165) is 19.3 Å². The molecule has 0 aromatic rings. The highest BCUT2D eigenvalue weighted by Crippen LogP contribution is 2.46. The molecular formula is C12H19NO2. The zero-order chi connectivity index (χ0) is 10.9. The molecule has 1 aliphatic carbocycles. The summed E-state index contributed by atoms with van der Waals surface area (Å²) in [5, 5.41) is 0. The van der Waals surface area contributed by atoms with Gasteiger partial charge in [-0.3, -0.25) is 14.5 Å². The molecule has 0 unspecified atom stereocenters. The third kappa shape index (κ3) is 1.92. The number of nitrogens with zero attached hydrogens (tertiary/aromatic N) is 1. The van der Waals surface area contributed by atoms with Crippen molar-refractivity contribution in [2.45, 2.75) is 51.9 Å². The van der Waals surface area contributed by atoms with Crippen LogP contribution in [0.5, 0.6) is 0 Å². The molecule has 84 valence electrons. The van der Waals surface area contributed by atoms with E-state index < -0.39 is 0 Å². The minimum Gasteiger partial charge on any atom is -0.283 e. The van der Waals surface area contributed by atoms with Crippen LogP contribution >= 0.6 is 0 Å². The highest BCUT2D eigenvalue weighted by molar-refractivity contribution is 5.98. The van der Waals surface area contributed by atoms with Crippen molar-refractivity contribution >= 4 is 11.8 Å². The van der Waals surface area contributed by atoms with Gasteiger partial charge in [-0.05, 0) is 24.7 Å².